The number of hydrogen-bond acceptors (Lipinski definition) is 4. The van der Waals surface area contributed by atoms with E-state index in [1.807, 2.05) is 0 Å². The zero-order valence-corrected chi connectivity index (χ0v) is 16.9. The van der Waals surface area contributed by atoms with E-state index in [9.17, 15) is 22.8 Å². The van der Waals surface area contributed by atoms with Crippen LogP contribution in [-0.4, -0.2) is 21.2 Å². The van der Waals surface area contributed by atoms with E-state index in [1.54, 1.807) is 12.1 Å². The van der Waals surface area contributed by atoms with Gasteiger partial charge in [0.15, 0.2) is 5.16 Å². The highest BCUT2D eigenvalue weighted by molar-refractivity contribution is 7.99. The molecular formula is C20H15ClF3N3O2S. The van der Waals surface area contributed by atoms with Crippen LogP contribution in [0.5, 0.6) is 0 Å². The summed E-state index contributed by atoms with van der Waals surface area (Å²) in [6.07, 6.45) is -3.09. The third-order valence-corrected chi connectivity index (χ3v) is 5.24. The quantitative estimate of drug-likeness (QED) is 0.324. The van der Waals surface area contributed by atoms with Crippen LogP contribution in [0, 0.1) is 0 Å². The number of allylic oxidation sites excluding steroid dienone is 1. The van der Waals surface area contributed by atoms with E-state index in [2.05, 4.69) is 16.9 Å². The highest BCUT2D eigenvalue weighted by atomic mass is 35.5. The van der Waals surface area contributed by atoms with E-state index < -0.39 is 17.6 Å². The lowest BCUT2D eigenvalue weighted by molar-refractivity contribution is -0.137. The van der Waals surface area contributed by atoms with Gasteiger partial charge in [0.25, 0.3) is 5.56 Å². The van der Waals surface area contributed by atoms with Crippen molar-refractivity contribution in [3.63, 3.8) is 0 Å². The van der Waals surface area contributed by atoms with E-state index in [4.69, 9.17) is 11.6 Å². The predicted octanol–water partition coefficient (Wildman–Crippen LogP) is 4.99. The maximum atomic E-state index is 13.1. The summed E-state index contributed by atoms with van der Waals surface area (Å²) in [6.45, 7) is 3.77. The maximum absolute atomic E-state index is 13.1. The molecule has 0 spiro atoms. The first-order valence-electron chi connectivity index (χ1n) is 8.60. The van der Waals surface area contributed by atoms with Crippen molar-refractivity contribution in [3.8, 4) is 0 Å². The number of alkyl halides is 3. The molecule has 1 aromatic heterocycles. The second-order valence-electron chi connectivity index (χ2n) is 6.14. The van der Waals surface area contributed by atoms with Gasteiger partial charge in [-0.25, -0.2) is 4.98 Å². The van der Waals surface area contributed by atoms with Gasteiger partial charge in [0.1, 0.15) is 0 Å². The fourth-order valence-corrected chi connectivity index (χ4v) is 3.70. The predicted molar refractivity (Wildman–Crippen MR) is 112 cm³/mol. The third kappa shape index (κ3) is 4.85. The highest BCUT2D eigenvalue weighted by Crippen LogP contribution is 2.34. The maximum Gasteiger partial charge on any atom is 0.418 e. The van der Waals surface area contributed by atoms with Crippen LogP contribution in [0.3, 0.4) is 0 Å². The van der Waals surface area contributed by atoms with Crippen molar-refractivity contribution >= 4 is 45.9 Å². The Labute approximate surface area is 178 Å². The smallest absolute Gasteiger partial charge is 0.325 e. The molecule has 1 amide bonds. The fraction of sp³-hybridized carbons (Fsp3) is 0.150. The number of nitrogens with zero attached hydrogens (tertiary/aromatic N) is 2. The zero-order valence-electron chi connectivity index (χ0n) is 15.4. The Morgan fingerprint density at radius 3 is 2.70 bits per heavy atom. The van der Waals surface area contributed by atoms with Crippen LogP contribution >= 0.6 is 23.4 Å². The third-order valence-electron chi connectivity index (χ3n) is 4.03. The number of hydrogen-bond donors (Lipinski definition) is 1. The molecule has 0 radical (unpaired) electrons. The van der Waals surface area contributed by atoms with Crippen LogP contribution in [0.25, 0.3) is 10.9 Å². The average Bonchev–Trinajstić information content (AvgIpc) is 2.68. The van der Waals surface area contributed by atoms with Gasteiger partial charge in [0.2, 0.25) is 5.91 Å². The molecule has 5 nitrogen and oxygen atoms in total. The van der Waals surface area contributed by atoms with Crippen molar-refractivity contribution in [2.24, 2.45) is 0 Å². The molecule has 0 bridgehead atoms. The van der Waals surface area contributed by atoms with Crippen molar-refractivity contribution in [1.82, 2.24) is 9.55 Å². The Hall–Kier alpha value is -2.78. The Balaban J connectivity index is 1.85. The minimum atomic E-state index is -4.60. The number of nitrogens with one attached hydrogen (secondary N) is 1. The first kappa shape index (κ1) is 21.9. The summed E-state index contributed by atoms with van der Waals surface area (Å²) < 4.78 is 40.6. The molecule has 156 valence electrons. The molecular weight excluding hydrogens is 439 g/mol. The van der Waals surface area contributed by atoms with Gasteiger partial charge in [0.05, 0.1) is 27.9 Å². The fourth-order valence-electron chi connectivity index (χ4n) is 2.73. The molecule has 0 saturated carbocycles. The van der Waals surface area contributed by atoms with Crippen molar-refractivity contribution < 1.29 is 18.0 Å². The standard InChI is InChI=1S/C20H15ClF3N3O2S/c1-2-9-27-18(29)13-8-7-12(21)10-16(13)26-19(27)30-11-17(28)25-15-6-4-3-5-14(15)20(22,23)24/h2-8,10H,1,9,11H2,(H,25,28). The first-order valence-corrected chi connectivity index (χ1v) is 9.97. The van der Waals surface area contributed by atoms with Gasteiger partial charge < -0.3 is 5.32 Å². The monoisotopic (exact) mass is 453 g/mol. The number of amides is 1. The highest BCUT2D eigenvalue weighted by Gasteiger charge is 2.33. The molecule has 10 heteroatoms. The van der Waals surface area contributed by atoms with Crippen molar-refractivity contribution in [2.75, 3.05) is 11.1 Å². The van der Waals surface area contributed by atoms with Gasteiger partial charge in [-0.3, -0.25) is 14.2 Å². The molecule has 0 saturated heterocycles. The van der Waals surface area contributed by atoms with E-state index in [1.165, 1.54) is 34.9 Å². The number of thioether (sulfide) groups is 1. The largest absolute Gasteiger partial charge is 0.418 e. The van der Waals surface area contributed by atoms with Gasteiger partial charge >= 0.3 is 6.18 Å². The van der Waals surface area contributed by atoms with Crippen molar-refractivity contribution in [2.45, 2.75) is 17.9 Å². The van der Waals surface area contributed by atoms with Crippen LogP contribution < -0.4 is 10.9 Å². The van der Waals surface area contributed by atoms with Crippen molar-refractivity contribution in [1.29, 1.82) is 0 Å². The van der Waals surface area contributed by atoms with Gasteiger partial charge in [0, 0.05) is 11.6 Å². The summed E-state index contributed by atoms with van der Waals surface area (Å²) in [4.78, 5) is 29.4. The number of benzene rings is 2. The second-order valence-corrected chi connectivity index (χ2v) is 7.52. The lowest BCUT2D eigenvalue weighted by Gasteiger charge is -2.14. The summed E-state index contributed by atoms with van der Waals surface area (Å²) in [5, 5.41) is 3.25. The summed E-state index contributed by atoms with van der Waals surface area (Å²) in [5.41, 5.74) is -1.25. The molecule has 3 aromatic rings. The molecule has 30 heavy (non-hydrogen) atoms. The van der Waals surface area contributed by atoms with Crippen LogP contribution in [-0.2, 0) is 17.5 Å². The lowest BCUT2D eigenvalue weighted by Crippen LogP contribution is -2.24. The summed E-state index contributed by atoms with van der Waals surface area (Å²) >= 11 is 6.90. The van der Waals surface area contributed by atoms with Gasteiger partial charge in [-0.1, -0.05) is 41.6 Å². The summed E-state index contributed by atoms with van der Waals surface area (Å²) in [7, 11) is 0. The number of fused-ring (bicyclic) bond motifs is 1. The molecule has 0 atom stereocenters. The Morgan fingerprint density at radius 2 is 2.00 bits per heavy atom. The molecule has 0 aliphatic heterocycles. The van der Waals surface area contributed by atoms with E-state index in [-0.39, 0.29) is 28.7 Å². The molecule has 0 aliphatic carbocycles. The minimum absolute atomic E-state index is 0.158. The normalized spacial score (nSPS) is 11.5. The Bertz CT molecular complexity index is 1180. The Morgan fingerprint density at radius 1 is 1.27 bits per heavy atom. The number of carbonyl (C=O) groups excluding carboxylic acids is 1. The lowest BCUT2D eigenvalue weighted by atomic mass is 10.1. The van der Waals surface area contributed by atoms with Crippen molar-refractivity contribution in [3.05, 3.63) is 76.1 Å². The number of aromatic nitrogens is 2. The van der Waals surface area contributed by atoms with Crippen LogP contribution in [0.4, 0.5) is 18.9 Å². The first-order chi connectivity index (χ1) is 14.2. The number of anilines is 1. The van der Waals surface area contributed by atoms with E-state index in [0.717, 1.165) is 17.8 Å². The number of rotatable bonds is 6. The number of halogens is 4. The molecule has 0 unspecified atom stereocenters. The minimum Gasteiger partial charge on any atom is -0.325 e. The van der Waals surface area contributed by atoms with Crippen LogP contribution in [0.2, 0.25) is 5.02 Å². The molecule has 0 fully saturated rings. The number of para-hydroxylation sites is 1. The molecule has 3 rings (SSSR count). The molecule has 1 N–H and O–H groups in total. The molecule has 1 heterocycles. The summed E-state index contributed by atoms with van der Waals surface area (Å²) in [6, 6.07) is 9.36. The zero-order chi connectivity index (χ0) is 21.9. The number of carbonyl (C=O) groups is 1. The topological polar surface area (TPSA) is 64.0 Å². The van der Waals surface area contributed by atoms with E-state index in [0.29, 0.717) is 15.9 Å². The summed E-state index contributed by atoms with van der Waals surface area (Å²) in [5.74, 6) is -0.913. The molecule has 2 aromatic carbocycles. The van der Waals surface area contributed by atoms with E-state index >= 15 is 0 Å². The SMILES string of the molecule is C=CCn1c(SCC(=O)Nc2ccccc2C(F)(F)F)nc2cc(Cl)ccc2c1=O. The van der Waals surface area contributed by atoms with Gasteiger partial charge in [-0.05, 0) is 30.3 Å². The van der Waals surface area contributed by atoms with Crippen LogP contribution in [0.15, 0.2) is 65.1 Å². The van der Waals surface area contributed by atoms with Crippen LogP contribution in [0.1, 0.15) is 5.56 Å². The van der Waals surface area contributed by atoms with Gasteiger partial charge in [-0.2, -0.15) is 13.2 Å². The Kier molecular flexibility index (Phi) is 6.52. The van der Waals surface area contributed by atoms with Gasteiger partial charge in [-0.15, -0.1) is 6.58 Å². The second kappa shape index (κ2) is 8.93. The average molecular weight is 454 g/mol. The molecule has 0 aliphatic rings.